The summed E-state index contributed by atoms with van der Waals surface area (Å²) in [6.07, 6.45) is 4.72. The molecular formula is C19H20ClN3O3. The Labute approximate surface area is 156 Å². The van der Waals surface area contributed by atoms with Crippen molar-refractivity contribution in [2.45, 2.75) is 32.7 Å². The van der Waals surface area contributed by atoms with E-state index in [0.29, 0.717) is 10.8 Å². The summed E-state index contributed by atoms with van der Waals surface area (Å²) in [4.78, 5) is 29.1. The van der Waals surface area contributed by atoms with E-state index in [-0.39, 0.29) is 23.8 Å². The number of fused-ring (bicyclic) bond motifs is 1. The number of nitrogens with zero attached hydrogens (tertiary/aromatic N) is 2. The van der Waals surface area contributed by atoms with E-state index in [1.807, 2.05) is 25.3 Å². The smallest absolute Gasteiger partial charge is 0.345 e. The molecule has 1 unspecified atom stereocenters. The summed E-state index contributed by atoms with van der Waals surface area (Å²) in [5, 5.41) is 3.87. The van der Waals surface area contributed by atoms with Crippen LogP contribution in [0, 0.1) is 0 Å². The van der Waals surface area contributed by atoms with Crippen LogP contribution in [0.25, 0.3) is 5.57 Å². The number of aromatic nitrogens is 2. The van der Waals surface area contributed by atoms with Crippen molar-refractivity contribution < 1.29 is 9.53 Å². The lowest BCUT2D eigenvalue weighted by atomic mass is 10.0. The zero-order chi connectivity index (χ0) is 18.7. The minimum Gasteiger partial charge on any atom is -0.462 e. The van der Waals surface area contributed by atoms with Crippen molar-refractivity contribution in [2.24, 2.45) is 0 Å². The average Bonchev–Trinajstić information content (AvgIpc) is 2.63. The molecule has 2 heterocycles. The number of allylic oxidation sites excluding steroid dienone is 1. The molecule has 0 saturated heterocycles. The fourth-order valence-electron chi connectivity index (χ4n) is 2.92. The standard InChI is InChI=1S/C19H20ClN3O3/c1-3-26-19(25)16-11-22-17-13(5-4-12(2)23(17)18(16)24)10-21-15-8-6-14(20)7-9-15/h6-12,21H,3-5H2,1-2H3/b13-10-. The van der Waals surface area contributed by atoms with Crippen molar-refractivity contribution in [3.8, 4) is 0 Å². The summed E-state index contributed by atoms with van der Waals surface area (Å²) in [7, 11) is 0. The van der Waals surface area contributed by atoms with E-state index in [1.54, 1.807) is 23.6 Å². The van der Waals surface area contributed by atoms with E-state index in [9.17, 15) is 9.59 Å². The molecule has 3 rings (SSSR count). The van der Waals surface area contributed by atoms with Gasteiger partial charge in [-0.15, -0.1) is 0 Å². The first-order valence-electron chi connectivity index (χ1n) is 8.51. The van der Waals surface area contributed by atoms with Crippen LogP contribution in [0.4, 0.5) is 5.69 Å². The highest BCUT2D eigenvalue weighted by Gasteiger charge is 2.25. The van der Waals surface area contributed by atoms with E-state index in [2.05, 4.69) is 10.3 Å². The molecule has 1 aromatic heterocycles. The van der Waals surface area contributed by atoms with Crippen LogP contribution in [-0.2, 0) is 4.74 Å². The summed E-state index contributed by atoms with van der Waals surface area (Å²) in [6, 6.07) is 7.30. The largest absolute Gasteiger partial charge is 0.462 e. The lowest BCUT2D eigenvalue weighted by Gasteiger charge is -2.26. The third kappa shape index (κ3) is 3.65. The van der Waals surface area contributed by atoms with Crippen LogP contribution in [0.3, 0.4) is 0 Å². The van der Waals surface area contributed by atoms with Gasteiger partial charge in [-0.05, 0) is 51.0 Å². The van der Waals surface area contributed by atoms with Gasteiger partial charge in [-0.25, -0.2) is 9.78 Å². The number of rotatable bonds is 4. The van der Waals surface area contributed by atoms with Gasteiger partial charge in [0.15, 0.2) is 0 Å². The number of esters is 1. The fourth-order valence-corrected chi connectivity index (χ4v) is 3.05. The molecular weight excluding hydrogens is 354 g/mol. The van der Waals surface area contributed by atoms with Crippen molar-refractivity contribution in [2.75, 3.05) is 11.9 Å². The molecule has 1 aromatic carbocycles. The molecule has 0 aliphatic carbocycles. The van der Waals surface area contributed by atoms with Crippen molar-refractivity contribution in [3.05, 3.63) is 63.4 Å². The highest BCUT2D eigenvalue weighted by molar-refractivity contribution is 6.30. The van der Waals surface area contributed by atoms with Gasteiger partial charge in [-0.3, -0.25) is 9.36 Å². The molecule has 26 heavy (non-hydrogen) atoms. The maximum absolute atomic E-state index is 12.8. The Morgan fingerprint density at radius 2 is 2.15 bits per heavy atom. The van der Waals surface area contributed by atoms with E-state index >= 15 is 0 Å². The van der Waals surface area contributed by atoms with E-state index in [1.165, 1.54) is 6.20 Å². The molecule has 1 atom stereocenters. The van der Waals surface area contributed by atoms with Gasteiger partial charge in [0.1, 0.15) is 11.4 Å². The highest BCUT2D eigenvalue weighted by atomic mass is 35.5. The minimum absolute atomic E-state index is 0.0330. The molecule has 0 radical (unpaired) electrons. The van der Waals surface area contributed by atoms with Gasteiger partial charge in [0.2, 0.25) is 0 Å². The Morgan fingerprint density at radius 3 is 2.85 bits per heavy atom. The van der Waals surface area contributed by atoms with Gasteiger partial charge in [-0.2, -0.15) is 0 Å². The van der Waals surface area contributed by atoms with Gasteiger partial charge in [0.05, 0.1) is 6.61 Å². The maximum atomic E-state index is 12.8. The second kappa shape index (κ2) is 7.74. The van der Waals surface area contributed by atoms with E-state index < -0.39 is 5.97 Å². The molecule has 1 N–H and O–H groups in total. The summed E-state index contributed by atoms with van der Waals surface area (Å²) in [5.74, 6) is -0.0637. The van der Waals surface area contributed by atoms with Crippen LogP contribution in [-0.4, -0.2) is 22.1 Å². The van der Waals surface area contributed by atoms with Crippen LogP contribution in [0.2, 0.25) is 5.02 Å². The van der Waals surface area contributed by atoms with Crippen LogP contribution < -0.4 is 10.9 Å². The Hall–Kier alpha value is -2.60. The van der Waals surface area contributed by atoms with Crippen molar-refractivity contribution in [1.29, 1.82) is 0 Å². The van der Waals surface area contributed by atoms with Crippen molar-refractivity contribution in [3.63, 3.8) is 0 Å². The Kier molecular flexibility index (Phi) is 5.42. The molecule has 0 spiro atoms. The molecule has 0 fully saturated rings. The van der Waals surface area contributed by atoms with Crippen molar-refractivity contribution >= 4 is 28.8 Å². The van der Waals surface area contributed by atoms with Gasteiger partial charge < -0.3 is 10.1 Å². The number of hydrogen-bond acceptors (Lipinski definition) is 5. The van der Waals surface area contributed by atoms with Crippen LogP contribution in [0.5, 0.6) is 0 Å². The normalized spacial score (nSPS) is 17.7. The topological polar surface area (TPSA) is 73.2 Å². The second-order valence-electron chi connectivity index (χ2n) is 6.10. The predicted molar refractivity (Wildman–Crippen MR) is 101 cm³/mol. The van der Waals surface area contributed by atoms with Gasteiger partial charge in [-0.1, -0.05) is 11.6 Å². The Bertz CT molecular complexity index is 903. The Morgan fingerprint density at radius 1 is 1.42 bits per heavy atom. The third-order valence-electron chi connectivity index (χ3n) is 4.31. The molecule has 6 nitrogen and oxygen atoms in total. The summed E-state index contributed by atoms with van der Waals surface area (Å²) in [6.45, 7) is 3.86. The summed E-state index contributed by atoms with van der Waals surface area (Å²) in [5.41, 5.74) is 1.40. The molecule has 0 bridgehead atoms. The van der Waals surface area contributed by atoms with Gasteiger partial charge >= 0.3 is 5.97 Å². The monoisotopic (exact) mass is 373 g/mol. The number of carbonyl (C=O) groups excluding carboxylic acids is 1. The van der Waals surface area contributed by atoms with Gasteiger partial charge in [0, 0.05) is 34.7 Å². The molecule has 1 aliphatic heterocycles. The zero-order valence-electron chi connectivity index (χ0n) is 14.7. The molecule has 7 heteroatoms. The fraction of sp³-hybridized carbons (Fsp3) is 0.316. The van der Waals surface area contributed by atoms with Crippen LogP contribution in [0.15, 0.2) is 41.5 Å². The van der Waals surface area contributed by atoms with Crippen LogP contribution >= 0.6 is 11.6 Å². The summed E-state index contributed by atoms with van der Waals surface area (Å²) >= 11 is 5.89. The number of anilines is 1. The third-order valence-corrected chi connectivity index (χ3v) is 4.56. The number of carbonyl (C=O) groups is 1. The number of nitrogens with one attached hydrogen (secondary N) is 1. The molecule has 0 saturated carbocycles. The van der Waals surface area contributed by atoms with Gasteiger partial charge in [0.25, 0.3) is 5.56 Å². The highest BCUT2D eigenvalue weighted by Crippen LogP contribution is 2.30. The summed E-state index contributed by atoms with van der Waals surface area (Å²) < 4.78 is 6.52. The minimum atomic E-state index is -0.636. The zero-order valence-corrected chi connectivity index (χ0v) is 15.4. The van der Waals surface area contributed by atoms with Crippen LogP contribution in [0.1, 0.15) is 48.9 Å². The number of halogens is 1. The quantitative estimate of drug-likeness (QED) is 0.823. The average molecular weight is 374 g/mol. The van der Waals surface area contributed by atoms with E-state index in [0.717, 1.165) is 24.1 Å². The molecule has 0 amide bonds. The second-order valence-corrected chi connectivity index (χ2v) is 6.54. The lowest BCUT2D eigenvalue weighted by Crippen LogP contribution is -2.34. The lowest BCUT2D eigenvalue weighted by molar-refractivity contribution is 0.0522. The molecule has 2 aromatic rings. The number of hydrogen-bond donors (Lipinski definition) is 1. The number of ether oxygens (including phenoxy) is 1. The Balaban J connectivity index is 1.95. The molecule has 1 aliphatic rings. The number of benzene rings is 1. The first kappa shape index (κ1) is 18.2. The van der Waals surface area contributed by atoms with Crippen molar-refractivity contribution in [1.82, 2.24) is 9.55 Å². The predicted octanol–water partition coefficient (Wildman–Crippen LogP) is 3.88. The molecule has 136 valence electrons. The SMILES string of the molecule is CCOC(=O)c1cnc2n(c1=O)C(C)CC/C2=C/Nc1ccc(Cl)cc1. The maximum Gasteiger partial charge on any atom is 0.345 e. The first-order chi connectivity index (χ1) is 12.5. The first-order valence-corrected chi connectivity index (χ1v) is 8.89. The van der Waals surface area contributed by atoms with E-state index in [4.69, 9.17) is 16.3 Å².